The zero-order valence-electron chi connectivity index (χ0n) is 8.01. The molecule has 1 aromatic carbocycles. The van der Waals surface area contributed by atoms with E-state index in [0.717, 1.165) is 11.3 Å². The average Bonchev–Trinajstić information content (AvgIpc) is 2.14. The molecule has 0 heterocycles. The van der Waals surface area contributed by atoms with Crippen molar-refractivity contribution in [1.29, 1.82) is 0 Å². The van der Waals surface area contributed by atoms with Crippen LogP contribution >= 0.6 is 11.8 Å². The molecule has 0 spiro atoms. The smallest absolute Gasteiger partial charge is 0.124 e. The minimum absolute atomic E-state index is 0.238. The fourth-order valence-corrected chi connectivity index (χ4v) is 1.63. The average molecular weight is 209 g/mol. The van der Waals surface area contributed by atoms with Gasteiger partial charge in [-0.15, -0.1) is 0 Å². The van der Waals surface area contributed by atoms with Crippen LogP contribution in [0.2, 0.25) is 0 Å². The fraction of sp³-hybridized carbons (Fsp3) is 0.273. The van der Waals surface area contributed by atoms with Crippen molar-refractivity contribution >= 4 is 11.8 Å². The molecule has 0 saturated heterocycles. The van der Waals surface area contributed by atoms with Gasteiger partial charge in [0.1, 0.15) is 5.82 Å². The molecule has 3 heteroatoms. The molecule has 0 amide bonds. The van der Waals surface area contributed by atoms with Gasteiger partial charge in [0.2, 0.25) is 0 Å². The first-order chi connectivity index (χ1) is 6.76. The van der Waals surface area contributed by atoms with E-state index in [2.05, 4.69) is 11.8 Å². The van der Waals surface area contributed by atoms with Gasteiger partial charge in [-0.1, -0.05) is 11.8 Å². The van der Waals surface area contributed by atoms with E-state index in [1.165, 1.54) is 12.1 Å². The topological polar surface area (TPSA) is 26.0 Å². The van der Waals surface area contributed by atoms with Crippen LogP contribution in [0.3, 0.4) is 0 Å². The Labute approximate surface area is 87.9 Å². The van der Waals surface area contributed by atoms with Gasteiger partial charge in [0.05, 0.1) is 6.54 Å². The van der Waals surface area contributed by atoms with Crippen molar-refractivity contribution in [2.24, 2.45) is 5.73 Å². The standard InChI is InChI=1S/C11H12FNS/c1-14-8-10-5-9(3-2-4-13)6-11(12)7-10/h5-7H,4,8,13H2,1H3. The summed E-state index contributed by atoms with van der Waals surface area (Å²) in [6, 6.07) is 4.85. The predicted molar refractivity (Wildman–Crippen MR) is 59.6 cm³/mol. The number of hydrogen-bond acceptors (Lipinski definition) is 2. The molecule has 0 fully saturated rings. The summed E-state index contributed by atoms with van der Waals surface area (Å²) in [5.41, 5.74) is 6.89. The second-order valence-corrected chi connectivity index (χ2v) is 3.65. The number of halogens is 1. The lowest BCUT2D eigenvalue weighted by molar-refractivity contribution is 0.626. The van der Waals surface area contributed by atoms with E-state index in [0.29, 0.717) is 12.1 Å². The van der Waals surface area contributed by atoms with E-state index < -0.39 is 0 Å². The Balaban J connectivity index is 2.94. The van der Waals surface area contributed by atoms with E-state index in [1.807, 2.05) is 12.3 Å². The van der Waals surface area contributed by atoms with Crippen molar-refractivity contribution < 1.29 is 4.39 Å². The summed E-state index contributed by atoms with van der Waals surface area (Å²) in [7, 11) is 0. The Bertz CT molecular complexity index is 365. The summed E-state index contributed by atoms with van der Waals surface area (Å²) in [6.07, 6.45) is 1.98. The first kappa shape index (κ1) is 11.1. The van der Waals surface area contributed by atoms with Crippen LogP contribution in [0, 0.1) is 17.7 Å². The molecule has 2 N–H and O–H groups in total. The molecular formula is C11H12FNS. The maximum absolute atomic E-state index is 13.1. The quantitative estimate of drug-likeness (QED) is 0.754. The van der Waals surface area contributed by atoms with Crippen LogP contribution in [-0.2, 0) is 5.75 Å². The third-order valence-electron chi connectivity index (χ3n) is 1.60. The highest BCUT2D eigenvalue weighted by Gasteiger charge is 1.98. The van der Waals surface area contributed by atoms with Gasteiger partial charge in [-0.3, -0.25) is 0 Å². The van der Waals surface area contributed by atoms with Crippen molar-refractivity contribution in [3.8, 4) is 11.8 Å². The highest BCUT2D eigenvalue weighted by Crippen LogP contribution is 2.13. The summed E-state index contributed by atoms with van der Waals surface area (Å²) in [5.74, 6) is 6.09. The molecule has 0 unspecified atom stereocenters. The van der Waals surface area contributed by atoms with Crippen LogP contribution in [0.15, 0.2) is 18.2 Å². The lowest BCUT2D eigenvalue weighted by Crippen LogP contribution is -1.93. The molecule has 1 nitrogen and oxygen atoms in total. The summed E-state index contributed by atoms with van der Waals surface area (Å²) in [5, 5.41) is 0. The van der Waals surface area contributed by atoms with E-state index in [-0.39, 0.29) is 5.82 Å². The highest BCUT2D eigenvalue weighted by atomic mass is 32.2. The first-order valence-electron chi connectivity index (χ1n) is 4.23. The summed E-state index contributed by atoms with van der Waals surface area (Å²) >= 11 is 1.66. The maximum Gasteiger partial charge on any atom is 0.124 e. The van der Waals surface area contributed by atoms with Crippen molar-refractivity contribution in [3.05, 3.63) is 35.1 Å². The van der Waals surface area contributed by atoms with E-state index in [4.69, 9.17) is 5.73 Å². The van der Waals surface area contributed by atoms with Crippen LogP contribution in [-0.4, -0.2) is 12.8 Å². The van der Waals surface area contributed by atoms with Crippen molar-refractivity contribution in [1.82, 2.24) is 0 Å². The van der Waals surface area contributed by atoms with Crippen LogP contribution in [0.1, 0.15) is 11.1 Å². The fourth-order valence-electron chi connectivity index (χ4n) is 1.13. The Kier molecular flexibility index (Phi) is 4.51. The summed E-state index contributed by atoms with van der Waals surface area (Å²) in [6.45, 7) is 0.300. The summed E-state index contributed by atoms with van der Waals surface area (Å²) in [4.78, 5) is 0. The maximum atomic E-state index is 13.1. The lowest BCUT2D eigenvalue weighted by Gasteiger charge is -1.99. The highest BCUT2D eigenvalue weighted by molar-refractivity contribution is 7.97. The molecule has 74 valence electrons. The van der Waals surface area contributed by atoms with Gasteiger partial charge in [0, 0.05) is 11.3 Å². The van der Waals surface area contributed by atoms with E-state index in [9.17, 15) is 4.39 Å². The van der Waals surface area contributed by atoms with E-state index >= 15 is 0 Å². The Hall–Kier alpha value is -0.980. The molecule has 0 aromatic heterocycles. The molecule has 1 aromatic rings. The van der Waals surface area contributed by atoms with Crippen molar-refractivity contribution in [2.45, 2.75) is 5.75 Å². The number of rotatable bonds is 2. The molecule has 0 aliphatic heterocycles. The number of thioether (sulfide) groups is 1. The molecule has 0 saturated carbocycles. The van der Waals surface area contributed by atoms with Gasteiger partial charge in [0.25, 0.3) is 0 Å². The number of hydrogen-bond donors (Lipinski definition) is 1. The Morgan fingerprint density at radius 3 is 2.86 bits per heavy atom. The Morgan fingerprint density at radius 1 is 1.43 bits per heavy atom. The second-order valence-electron chi connectivity index (χ2n) is 2.79. The molecule has 0 aliphatic carbocycles. The van der Waals surface area contributed by atoms with Crippen LogP contribution < -0.4 is 5.73 Å². The molecule has 0 bridgehead atoms. The molecule has 0 aliphatic rings. The number of benzene rings is 1. The molecule has 0 radical (unpaired) electrons. The molecular weight excluding hydrogens is 197 g/mol. The van der Waals surface area contributed by atoms with Gasteiger partial charge in [-0.05, 0) is 30.0 Å². The number of nitrogens with two attached hydrogens (primary N) is 1. The predicted octanol–water partition coefficient (Wildman–Crippen LogP) is 2.00. The Morgan fingerprint density at radius 2 is 2.21 bits per heavy atom. The molecule has 0 atom stereocenters. The summed E-state index contributed by atoms with van der Waals surface area (Å²) < 4.78 is 13.1. The molecule has 14 heavy (non-hydrogen) atoms. The minimum Gasteiger partial charge on any atom is -0.320 e. The second kappa shape index (κ2) is 5.69. The zero-order valence-corrected chi connectivity index (χ0v) is 8.83. The van der Waals surface area contributed by atoms with Gasteiger partial charge in [0.15, 0.2) is 0 Å². The monoisotopic (exact) mass is 209 g/mol. The zero-order chi connectivity index (χ0) is 10.4. The SMILES string of the molecule is CSCc1cc(F)cc(C#CCN)c1. The lowest BCUT2D eigenvalue weighted by atomic mass is 10.1. The van der Waals surface area contributed by atoms with Crippen LogP contribution in [0.4, 0.5) is 4.39 Å². The molecule has 1 rings (SSSR count). The van der Waals surface area contributed by atoms with Gasteiger partial charge < -0.3 is 5.73 Å². The third kappa shape index (κ3) is 3.41. The van der Waals surface area contributed by atoms with Gasteiger partial charge in [-0.25, -0.2) is 4.39 Å². The first-order valence-corrected chi connectivity index (χ1v) is 5.63. The normalized spacial score (nSPS) is 9.36. The van der Waals surface area contributed by atoms with Crippen molar-refractivity contribution in [3.63, 3.8) is 0 Å². The van der Waals surface area contributed by atoms with Crippen LogP contribution in [0.25, 0.3) is 0 Å². The van der Waals surface area contributed by atoms with E-state index in [1.54, 1.807) is 11.8 Å². The largest absolute Gasteiger partial charge is 0.320 e. The third-order valence-corrected chi connectivity index (χ3v) is 2.23. The van der Waals surface area contributed by atoms with Crippen molar-refractivity contribution in [2.75, 3.05) is 12.8 Å². The van der Waals surface area contributed by atoms with Gasteiger partial charge in [-0.2, -0.15) is 11.8 Å². The van der Waals surface area contributed by atoms with Gasteiger partial charge >= 0.3 is 0 Å². The van der Waals surface area contributed by atoms with Crippen LogP contribution in [0.5, 0.6) is 0 Å². The minimum atomic E-state index is -0.238.